The SMILES string of the molecule is [2H]C(N)CCCCN. The molecule has 2 nitrogen and oxygen atoms in total. The highest BCUT2D eigenvalue weighted by Gasteiger charge is 1.80. The second-order valence-electron chi connectivity index (χ2n) is 1.52. The highest BCUT2D eigenvalue weighted by molar-refractivity contribution is 4.41. The maximum absolute atomic E-state index is 6.89. The van der Waals surface area contributed by atoms with Gasteiger partial charge in [0.2, 0.25) is 0 Å². The lowest BCUT2D eigenvalue weighted by Gasteiger charge is -1.91. The minimum Gasteiger partial charge on any atom is -0.330 e. The Kier molecular flexibility index (Phi) is 4.28. The van der Waals surface area contributed by atoms with Crippen LogP contribution in [0.15, 0.2) is 0 Å². The number of hydrogen-bond donors (Lipinski definition) is 2. The van der Waals surface area contributed by atoms with Gasteiger partial charge in [-0.05, 0) is 25.9 Å². The lowest BCUT2D eigenvalue weighted by atomic mass is 10.2. The van der Waals surface area contributed by atoms with Crippen LogP contribution in [0.2, 0.25) is 0 Å². The fourth-order valence-corrected chi connectivity index (χ4v) is 0.407. The summed E-state index contributed by atoms with van der Waals surface area (Å²) < 4.78 is 6.89. The second-order valence-corrected chi connectivity index (χ2v) is 1.52. The van der Waals surface area contributed by atoms with Gasteiger partial charge in [0.25, 0.3) is 0 Å². The van der Waals surface area contributed by atoms with E-state index in [9.17, 15) is 0 Å². The fraction of sp³-hybridized carbons (Fsp3) is 1.00. The second kappa shape index (κ2) is 5.92. The molecular formula is C5H14N2. The average molecular weight is 103 g/mol. The van der Waals surface area contributed by atoms with Gasteiger partial charge in [-0.25, -0.2) is 0 Å². The topological polar surface area (TPSA) is 52.0 Å². The van der Waals surface area contributed by atoms with E-state index in [-0.39, 0.29) is 0 Å². The Labute approximate surface area is 46.3 Å². The Morgan fingerprint density at radius 2 is 1.86 bits per heavy atom. The Morgan fingerprint density at radius 1 is 1.14 bits per heavy atom. The summed E-state index contributed by atoms with van der Waals surface area (Å²) in [6.45, 7) is 0.314. The Morgan fingerprint density at radius 3 is 2.29 bits per heavy atom. The van der Waals surface area contributed by atoms with Crippen LogP contribution in [0.3, 0.4) is 0 Å². The highest BCUT2D eigenvalue weighted by atomic mass is 14.5. The van der Waals surface area contributed by atoms with Gasteiger partial charge in [0.1, 0.15) is 0 Å². The van der Waals surface area contributed by atoms with Gasteiger partial charge in [0.05, 0.1) is 0 Å². The molecule has 0 fully saturated rings. The van der Waals surface area contributed by atoms with Crippen molar-refractivity contribution in [2.45, 2.75) is 19.3 Å². The number of nitrogens with two attached hydrogens (primary N) is 2. The van der Waals surface area contributed by atoms with Crippen molar-refractivity contribution in [1.29, 1.82) is 0 Å². The zero-order valence-electron chi connectivity index (χ0n) is 5.56. The van der Waals surface area contributed by atoms with E-state index in [0.717, 1.165) is 19.3 Å². The average Bonchev–Trinajstić information content (AvgIpc) is 1.66. The van der Waals surface area contributed by atoms with E-state index in [1.54, 1.807) is 0 Å². The molecule has 44 valence electrons. The van der Waals surface area contributed by atoms with Crippen LogP contribution in [0.1, 0.15) is 20.6 Å². The fourth-order valence-electron chi connectivity index (χ4n) is 0.407. The van der Waals surface area contributed by atoms with Crippen molar-refractivity contribution in [1.82, 2.24) is 0 Å². The summed E-state index contributed by atoms with van der Waals surface area (Å²) in [5.41, 5.74) is 10.4. The molecule has 0 heterocycles. The summed E-state index contributed by atoms with van der Waals surface area (Å²) >= 11 is 0. The van der Waals surface area contributed by atoms with E-state index in [4.69, 9.17) is 12.8 Å². The molecular weight excluding hydrogens is 88.1 g/mol. The van der Waals surface area contributed by atoms with Crippen molar-refractivity contribution >= 4 is 0 Å². The van der Waals surface area contributed by atoms with Crippen molar-refractivity contribution in [3.63, 3.8) is 0 Å². The quantitative estimate of drug-likeness (QED) is 0.495. The first-order valence-corrected chi connectivity index (χ1v) is 2.65. The van der Waals surface area contributed by atoms with Crippen LogP contribution in [0.25, 0.3) is 0 Å². The molecule has 0 amide bonds. The number of hydrogen-bond acceptors (Lipinski definition) is 2. The Hall–Kier alpha value is -0.0800. The van der Waals surface area contributed by atoms with Gasteiger partial charge >= 0.3 is 0 Å². The first kappa shape index (κ1) is 5.06. The van der Waals surface area contributed by atoms with Crippen LogP contribution in [0.5, 0.6) is 0 Å². The smallest absolute Gasteiger partial charge is 0.0425 e. The summed E-state index contributed by atoms with van der Waals surface area (Å²) in [4.78, 5) is 0. The summed E-state index contributed by atoms with van der Waals surface area (Å²) in [6, 6.07) is 0. The van der Waals surface area contributed by atoms with Crippen LogP contribution >= 0.6 is 0 Å². The molecule has 0 saturated carbocycles. The lowest BCUT2D eigenvalue weighted by molar-refractivity contribution is 0.695. The van der Waals surface area contributed by atoms with E-state index in [1.807, 2.05) is 0 Å². The minimum atomic E-state index is -0.401. The van der Waals surface area contributed by atoms with Gasteiger partial charge in [0.15, 0.2) is 0 Å². The predicted octanol–water partition coefficient (Wildman–Crippen LogP) is 0.0741. The summed E-state index contributed by atoms with van der Waals surface area (Å²) in [7, 11) is 0. The maximum atomic E-state index is 6.89. The molecule has 0 spiro atoms. The molecule has 0 bridgehead atoms. The molecule has 1 atom stereocenters. The van der Waals surface area contributed by atoms with Crippen LogP contribution in [0.4, 0.5) is 0 Å². The molecule has 4 N–H and O–H groups in total. The van der Waals surface area contributed by atoms with Crippen LogP contribution in [-0.4, -0.2) is 13.1 Å². The Balaban J connectivity index is 2.72. The minimum absolute atomic E-state index is 0.401. The van der Waals surface area contributed by atoms with Gasteiger partial charge in [0, 0.05) is 1.37 Å². The van der Waals surface area contributed by atoms with Crippen LogP contribution in [0, 0.1) is 0 Å². The molecule has 0 saturated heterocycles. The van der Waals surface area contributed by atoms with Crippen molar-refractivity contribution in [2.24, 2.45) is 11.5 Å². The molecule has 0 radical (unpaired) electrons. The van der Waals surface area contributed by atoms with Crippen LogP contribution in [-0.2, 0) is 0 Å². The molecule has 0 aliphatic carbocycles. The summed E-state index contributed by atoms with van der Waals surface area (Å²) in [5.74, 6) is 0. The molecule has 7 heavy (non-hydrogen) atoms. The molecule has 0 aromatic carbocycles. The first-order valence-electron chi connectivity index (χ1n) is 3.23. The maximum Gasteiger partial charge on any atom is 0.0425 e. The van der Waals surface area contributed by atoms with E-state index < -0.39 is 6.52 Å². The third-order valence-corrected chi connectivity index (χ3v) is 0.825. The third-order valence-electron chi connectivity index (χ3n) is 0.825. The third kappa shape index (κ3) is 5.92. The molecule has 0 rings (SSSR count). The van der Waals surface area contributed by atoms with E-state index in [2.05, 4.69) is 0 Å². The van der Waals surface area contributed by atoms with Crippen LogP contribution < -0.4 is 11.5 Å². The number of rotatable bonds is 4. The van der Waals surface area contributed by atoms with Crippen molar-refractivity contribution < 1.29 is 1.37 Å². The Bertz CT molecular complexity index is 47.7. The highest BCUT2D eigenvalue weighted by Crippen LogP contribution is 1.88. The molecule has 0 aromatic heterocycles. The predicted molar refractivity (Wildman–Crippen MR) is 32.0 cm³/mol. The first-order chi connectivity index (χ1) is 3.77. The van der Waals surface area contributed by atoms with Crippen molar-refractivity contribution in [3.05, 3.63) is 0 Å². The zero-order valence-corrected chi connectivity index (χ0v) is 4.56. The molecule has 0 aromatic rings. The molecule has 0 aliphatic rings. The monoisotopic (exact) mass is 103 g/mol. The van der Waals surface area contributed by atoms with Gasteiger partial charge in [-0.15, -0.1) is 0 Å². The van der Waals surface area contributed by atoms with E-state index in [1.165, 1.54) is 0 Å². The lowest BCUT2D eigenvalue weighted by Crippen LogP contribution is -2.02. The summed E-state index contributed by atoms with van der Waals surface area (Å²) in [5, 5.41) is 0. The van der Waals surface area contributed by atoms with Crippen molar-refractivity contribution in [2.75, 3.05) is 13.1 Å². The van der Waals surface area contributed by atoms with Crippen molar-refractivity contribution in [3.8, 4) is 0 Å². The van der Waals surface area contributed by atoms with E-state index in [0.29, 0.717) is 6.54 Å². The van der Waals surface area contributed by atoms with Gasteiger partial charge < -0.3 is 11.5 Å². The largest absolute Gasteiger partial charge is 0.330 e. The molecule has 2 heteroatoms. The standard InChI is InChI=1S/C5H14N2/c6-4-2-1-3-5-7/h1-7H2/i4D. The van der Waals surface area contributed by atoms with E-state index >= 15 is 0 Å². The summed E-state index contributed by atoms with van der Waals surface area (Å²) in [6.07, 6.45) is 2.75. The van der Waals surface area contributed by atoms with Gasteiger partial charge in [-0.3, -0.25) is 0 Å². The van der Waals surface area contributed by atoms with Gasteiger partial charge in [-0.2, -0.15) is 0 Å². The zero-order chi connectivity index (χ0) is 6.41. The van der Waals surface area contributed by atoms with Gasteiger partial charge in [-0.1, -0.05) is 6.42 Å². The number of unbranched alkanes of at least 4 members (excludes halogenated alkanes) is 1. The molecule has 0 aliphatic heterocycles. The normalized spacial score (nSPS) is 16.0. The molecule has 1 unspecified atom stereocenters.